The zero-order chi connectivity index (χ0) is 24.9. The number of likely N-dealkylation sites (tertiary alicyclic amines) is 1. The van der Waals surface area contributed by atoms with Crippen molar-refractivity contribution in [3.05, 3.63) is 82.6 Å². The average Bonchev–Trinajstić information content (AvgIpc) is 3.38. The number of carbonyl (C=O) groups excluding carboxylic acids is 1. The third-order valence-corrected chi connectivity index (χ3v) is 7.75. The molecule has 2 fully saturated rings. The van der Waals surface area contributed by atoms with Crippen LogP contribution in [-0.2, 0) is 11.3 Å². The van der Waals surface area contributed by atoms with Crippen LogP contribution in [0.3, 0.4) is 0 Å². The Balaban J connectivity index is 1.29. The maximum absolute atomic E-state index is 12.3. The molecule has 0 spiro atoms. The molecule has 190 valence electrons. The van der Waals surface area contributed by atoms with Crippen LogP contribution in [0.4, 0.5) is 0 Å². The van der Waals surface area contributed by atoms with Gasteiger partial charge in [-0.2, -0.15) is 0 Å². The highest BCUT2D eigenvalue weighted by Crippen LogP contribution is 2.38. The second-order valence-electron chi connectivity index (χ2n) is 10.0. The van der Waals surface area contributed by atoms with Gasteiger partial charge >= 0.3 is 5.97 Å². The molecule has 0 radical (unpaired) electrons. The van der Waals surface area contributed by atoms with Crippen molar-refractivity contribution in [1.82, 2.24) is 19.9 Å². The molecule has 1 N–H and O–H groups in total. The summed E-state index contributed by atoms with van der Waals surface area (Å²) in [6.07, 6.45) is 8.26. The van der Waals surface area contributed by atoms with Gasteiger partial charge in [0.1, 0.15) is 12.3 Å². The van der Waals surface area contributed by atoms with Gasteiger partial charge in [0.25, 0.3) is 0 Å². The molecule has 1 aromatic heterocycles. The van der Waals surface area contributed by atoms with Crippen molar-refractivity contribution in [3.63, 3.8) is 0 Å². The van der Waals surface area contributed by atoms with Crippen molar-refractivity contribution in [2.45, 2.75) is 63.3 Å². The van der Waals surface area contributed by atoms with E-state index in [2.05, 4.69) is 27.3 Å². The molecular formula is C28H33ClN4O3. The zero-order valence-corrected chi connectivity index (χ0v) is 21.1. The molecule has 3 atom stereocenters. The number of hydrogen-bond acceptors (Lipinski definition) is 6. The molecule has 1 aliphatic heterocycles. The van der Waals surface area contributed by atoms with Gasteiger partial charge in [-0.1, -0.05) is 66.4 Å². The Bertz CT molecular complexity index is 1130. The lowest BCUT2D eigenvalue weighted by Gasteiger charge is -2.44. The van der Waals surface area contributed by atoms with Crippen molar-refractivity contribution in [3.8, 4) is 0 Å². The fourth-order valence-electron chi connectivity index (χ4n) is 5.56. The molecular weight excluding hydrogens is 476 g/mol. The lowest BCUT2D eigenvalue weighted by atomic mass is 9.85. The van der Waals surface area contributed by atoms with Crippen LogP contribution in [-0.4, -0.2) is 50.2 Å². The average molecular weight is 509 g/mol. The molecule has 1 aliphatic carbocycles. The van der Waals surface area contributed by atoms with E-state index in [1.807, 2.05) is 18.2 Å². The zero-order valence-electron chi connectivity index (χ0n) is 20.4. The number of halogens is 1. The number of aromatic nitrogens is 3. The minimum atomic E-state index is -0.574. The number of carbonyl (C=O) groups is 1. The van der Waals surface area contributed by atoms with Crippen LogP contribution in [0.15, 0.2) is 60.8 Å². The van der Waals surface area contributed by atoms with E-state index < -0.39 is 12.1 Å². The smallest absolute Gasteiger partial charge is 0.338 e. The summed E-state index contributed by atoms with van der Waals surface area (Å²) in [6.45, 7) is 1.72. The van der Waals surface area contributed by atoms with Gasteiger partial charge in [0.15, 0.2) is 0 Å². The van der Waals surface area contributed by atoms with E-state index in [4.69, 9.17) is 16.3 Å². The van der Waals surface area contributed by atoms with Crippen LogP contribution in [0.5, 0.6) is 0 Å². The second-order valence-corrected chi connectivity index (χ2v) is 10.5. The van der Waals surface area contributed by atoms with Crippen LogP contribution >= 0.6 is 11.6 Å². The summed E-state index contributed by atoms with van der Waals surface area (Å²) in [4.78, 5) is 14.8. The maximum atomic E-state index is 12.3. The minimum Gasteiger partial charge on any atom is -0.455 e. The molecule has 1 saturated carbocycles. The highest BCUT2D eigenvalue weighted by molar-refractivity contribution is 6.30. The van der Waals surface area contributed by atoms with E-state index in [1.54, 1.807) is 35.1 Å². The van der Waals surface area contributed by atoms with Gasteiger partial charge in [0.05, 0.1) is 23.9 Å². The fraction of sp³-hybridized carbons (Fsp3) is 0.464. The molecule has 0 unspecified atom stereocenters. The third kappa shape index (κ3) is 5.97. The number of ether oxygens (including phenoxy) is 1. The van der Waals surface area contributed by atoms with Gasteiger partial charge in [0.2, 0.25) is 0 Å². The van der Waals surface area contributed by atoms with Crippen LogP contribution in [0, 0.1) is 5.92 Å². The SMILES string of the molecule is O=C(OCc1cn([C@@H]2CN(CC3CCCCC3)[C@@H](c3ccc(Cl)cc3)C[C@H]2O)nn1)c1ccccc1. The fourth-order valence-corrected chi connectivity index (χ4v) is 5.68. The molecule has 8 heteroatoms. The first-order chi connectivity index (χ1) is 17.6. The number of nitrogens with zero attached hydrogens (tertiary/aromatic N) is 4. The summed E-state index contributed by atoms with van der Waals surface area (Å²) in [5.41, 5.74) is 2.24. The number of benzene rings is 2. The summed E-state index contributed by atoms with van der Waals surface area (Å²) in [6, 6.07) is 16.8. The first-order valence-electron chi connectivity index (χ1n) is 12.9. The summed E-state index contributed by atoms with van der Waals surface area (Å²) in [5.74, 6) is 0.278. The summed E-state index contributed by atoms with van der Waals surface area (Å²) >= 11 is 6.14. The Labute approximate surface area is 217 Å². The van der Waals surface area contributed by atoms with Crippen LogP contribution in [0.1, 0.15) is 72.2 Å². The number of esters is 1. The topological polar surface area (TPSA) is 80.5 Å². The number of piperidine rings is 1. The lowest BCUT2D eigenvalue weighted by Crippen LogP contribution is -2.47. The van der Waals surface area contributed by atoms with Gasteiger partial charge < -0.3 is 9.84 Å². The number of aliphatic hydroxyl groups is 1. The molecule has 2 heterocycles. The van der Waals surface area contributed by atoms with Gasteiger partial charge in [-0.05, 0) is 55.0 Å². The predicted octanol–water partition coefficient (Wildman–Crippen LogP) is 5.22. The van der Waals surface area contributed by atoms with Gasteiger partial charge in [0, 0.05) is 24.2 Å². The van der Waals surface area contributed by atoms with E-state index in [1.165, 1.54) is 37.7 Å². The quantitative estimate of drug-likeness (QED) is 0.441. The first kappa shape index (κ1) is 24.9. The van der Waals surface area contributed by atoms with Crippen molar-refractivity contribution in [2.24, 2.45) is 5.92 Å². The summed E-state index contributed by atoms with van der Waals surface area (Å²) < 4.78 is 7.15. The van der Waals surface area contributed by atoms with Crippen LogP contribution in [0.2, 0.25) is 5.02 Å². The monoisotopic (exact) mass is 508 g/mol. The van der Waals surface area contributed by atoms with Crippen molar-refractivity contribution in [2.75, 3.05) is 13.1 Å². The number of hydrogen-bond donors (Lipinski definition) is 1. The van der Waals surface area contributed by atoms with Crippen molar-refractivity contribution in [1.29, 1.82) is 0 Å². The van der Waals surface area contributed by atoms with Gasteiger partial charge in [-0.3, -0.25) is 4.90 Å². The molecule has 36 heavy (non-hydrogen) atoms. The molecule has 2 aromatic carbocycles. The Morgan fingerprint density at radius 1 is 1.06 bits per heavy atom. The van der Waals surface area contributed by atoms with Gasteiger partial charge in [-0.15, -0.1) is 5.10 Å². The number of aliphatic hydroxyl groups excluding tert-OH is 1. The summed E-state index contributed by atoms with van der Waals surface area (Å²) in [5, 5.41) is 20.4. The van der Waals surface area contributed by atoms with E-state index in [0.29, 0.717) is 30.1 Å². The normalized spacial score (nSPS) is 23.4. The van der Waals surface area contributed by atoms with Crippen LogP contribution < -0.4 is 0 Å². The molecule has 2 aliphatic rings. The van der Waals surface area contributed by atoms with E-state index in [-0.39, 0.29) is 18.7 Å². The van der Waals surface area contributed by atoms with E-state index in [0.717, 1.165) is 11.6 Å². The molecule has 0 amide bonds. The first-order valence-corrected chi connectivity index (χ1v) is 13.2. The Morgan fingerprint density at radius 2 is 1.81 bits per heavy atom. The number of rotatable bonds is 7. The second kappa shape index (κ2) is 11.5. The Morgan fingerprint density at radius 3 is 2.56 bits per heavy atom. The molecule has 7 nitrogen and oxygen atoms in total. The standard InChI is InChI=1S/C28H33ClN4O3/c29-23-13-11-21(12-14-23)25-15-27(34)26(18-32(25)16-20-7-3-1-4-8-20)33-17-24(30-31-33)19-36-28(35)22-9-5-2-6-10-22/h2,5-6,9-14,17,20,25-27,34H,1,3-4,7-8,15-16,18-19H2/t25-,26-,27-/m1/s1. The highest BCUT2D eigenvalue weighted by Gasteiger charge is 2.38. The lowest BCUT2D eigenvalue weighted by molar-refractivity contribution is -0.0154. The Kier molecular flexibility index (Phi) is 7.99. The largest absolute Gasteiger partial charge is 0.455 e. The predicted molar refractivity (Wildman–Crippen MR) is 138 cm³/mol. The molecule has 0 bridgehead atoms. The maximum Gasteiger partial charge on any atom is 0.338 e. The highest BCUT2D eigenvalue weighted by atomic mass is 35.5. The molecule has 3 aromatic rings. The molecule has 5 rings (SSSR count). The summed E-state index contributed by atoms with van der Waals surface area (Å²) in [7, 11) is 0. The third-order valence-electron chi connectivity index (χ3n) is 7.50. The Hall–Kier alpha value is -2.74. The van der Waals surface area contributed by atoms with Crippen molar-refractivity contribution >= 4 is 17.6 Å². The molecule has 1 saturated heterocycles. The van der Waals surface area contributed by atoms with Gasteiger partial charge in [-0.25, -0.2) is 9.48 Å². The van der Waals surface area contributed by atoms with Crippen molar-refractivity contribution < 1.29 is 14.6 Å². The van der Waals surface area contributed by atoms with Crippen LogP contribution in [0.25, 0.3) is 0 Å². The minimum absolute atomic E-state index is 0.0374. The van der Waals surface area contributed by atoms with E-state index >= 15 is 0 Å². The van der Waals surface area contributed by atoms with E-state index in [9.17, 15) is 9.90 Å².